The topological polar surface area (TPSA) is 29.5 Å². The molecule has 4 rings (SSSR count). The highest BCUT2D eigenvalue weighted by atomic mass is 35.5. The first kappa shape index (κ1) is 19.8. The fourth-order valence-corrected chi connectivity index (χ4v) is 4.31. The van der Waals surface area contributed by atoms with Gasteiger partial charge >= 0.3 is 0 Å². The molecule has 0 unspecified atom stereocenters. The van der Waals surface area contributed by atoms with Crippen LogP contribution in [0.5, 0.6) is 5.75 Å². The summed E-state index contributed by atoms with van der Waals surface area (Å²) < 4.78 is 5.51. The lowest BCUT2D eigenvalue weighted by atomic mass is 9.93. The van der Waals surface area contributed by atoms with Crippen molar-refractivity contribution < 1.29 is 9.53 Å². The maximum Gasteiger partial charge on any atom is 0.258 e. The predicted molar refractivity (Wildman–Crippen MR) is 119 cm³/mol. The van der Waals surface area contributed by atoms with Crippen molar-refractivity contribution in [2.75, 3.05) is 6.61 Å². The Kier molecular flexibility index (Phi) is 6.05. The van der Waals surface area contributed by atoms with Gasteiger partial charge in [-0.1, -0.05) is 55.1 Å². The van der Waals surface area contributed by atoms with E-state index in [-0.39, 0.29) is 11.9 Å². The van der Waals surface area contributed by atoms with Crippen molar-refractivity contribution in [3.05, 3.63) is 76.3 Å². The second-order valence-corrected chi connectivity index (χ2v) is 8.04. The smallest absolute Gasteiger partial charge is 0.258 e. The van der Waals surface area contributed by atoms with Crippen LogP contribution in [-0.2, 0) is 4.79 Å². The number of amides is 1. The largest absolute Gasteiger partial charge is 0.494 e. The van der Waals surface area contributed by atoms with Crippen LogP contribution in [0, 0.1) is 0 Å². The zero-order chi connectivity index (χ0) is 20.2. The van der Waals surface area contributed by atoms with Crippen molar-refractivity contribution in [1.29, 1.82) is 0 Å². The molecule has 0 radical (unpaired) electrons. The Hall–Kier alpha value is -2.52. The molecule has 0 spiro atoms. The molecule has 1 amide bonds. The average Bonchev–Trinajstić information content (AvgIpc) is 3.07. The molecule has 1 aliphatic carbocycles. The summed E-state index contributed by atoms with van der Waals surface area (Å²) in [6, 6.07) is 15.9. The number of carbonyl (C=O) groups is 1. The van der Waals surface area contributed by atoms with Crippen LogP contribution < -0.4 is 4.74 Å². The van der Waals surface area contributed by atoms with Gasteiger partial charge in [0.1, 0.15) is 5.75 Å². The number of rotatable bonds is 5. The number of ether oxygens (including phenoxy) is 1. The van der Waals surface area contributed by atoms with Gasteiger partial charge in [0, 0.05) is 16.6 Å². The molecule has 1 heterocycles. The van der Waals surface area contributed by atoms with E-state index in [9.17, 15) is 4.79 Å². The molecule has 0 atom stereocenters. The molecule has 2 aliphatic rings. The van der Waals surface area contributed by atoms with Gasteiger partial charge in [0.2, 0.25) is 0 Å². The van der Waals surface area contributed by atoms with E-state index in [1.165, 1.54) is 19.3 Å². The summed E-state index contributed by atoms with van der Waals surface area (Å²) >= 11 is 6.08. The monoisotopic (exact) mass is 407 g/mol. The van der Waals surface area contributed by atoms with Crippen molar-refractivity contribution in [3.63, 3.8) is 0 Å². The maximum atomic E-state index is 13.4. The zero-order valence-electron chi connectivity index (χ0n) is 16.7. The van der Waals surface area contributed by atoms with Crippen LogP contribution in [0.1, 0.15) is 50.2 Å². The van der Waals surface area contributed by atoms with Crippen LogP contribution in [0.3, 0.4) is 0 Å². The van der Waals surface area contributed by atoms with Gasteiger partial charge in [-0.2, -0.15) is 0 Å². The molecule has 2 aromatic rings. The van der Waals surface area contributed by atoms with E-state index in [0.717, 1.165) is 41.0 Å². The molecule has 150 valence electrons. The highest BCUT2D eigenvalue weighted by molar-refractivity contribution is 6.30. The SMILES string of the molecule is CCOc1ccc(/C=C2\C=C(c3ccc(Cl)cc3)N(C3CCCCC3)C2=O)cc1. The molecule has 0 saturated heterocycles. The van der Waals surface area contributed by atoms with Gasteiger partial charge in [-0.15, -0.1) is 0 Å². The molecule has 2 aromatic carbocycles. The predicted octanol–water partition coefficient (Wildman–Crippen LogP) is 6.34. The highest BCUT2D eigenvalue weighted by Gasteiger charge is 2.35. The summed E-state index contributed by atoms with van der Waals surface area (Å²) in [5.74, 6) is 0.935. The normalized spacial score (nSPS) is 19.0. The minimum Gasteiger partial charge on any atom is -0.494 e. The number of halogens is 1. The summed E-state index contributed by atoms with van der Waals surface area (Å²) in [6.45, 7) is 2.61. The Balaban J connectivity index is 1.68. The van der Waals surface area contributed by atoms with Gasteiger partial charge in [0.05, 0.1) is 12.3 Å². The standard InChI is InChI=1S/C25H26ClNO2/c1-2-29-23-14-8-18(9-15-23)16-20-17-24(19-10-12-21(26)13-11-19)27(25(20)28)22-6-4-3-5-7-22/h8-17,22H,2-7H2,1H3/b20-16+. The summed E-state index contributed by atoms with van der Waals surface area (Å²) in [7, 11) is 0. The molecular formula is C25H26ClNO2. The van der Waals surface area contributed by atoms with E-state index < -0.39 is 0 Å². The Morgan fingerprint density at radius 2 is 1.72 bits per heavy atom. The van der Waals surface area contributed by atoms with Crippen molar-refractivity contribution in [3.8, 4) is 5.75 Å². The molecule has 0 N–H and O–H groups in total. The minimum atomic E-state index is 0.0933. The van der Waals surface area contributed by atoms with Gasteiger partial charge < -0.3 is 9.64 Å². The van der Waals surface area contributed by atoms with Gasteiger partial charge in [-0.05, 0) is 67.3 Å². The number of benzene rings is 2. The lowest BCUT2D eigenvalue weighted by Crippen LogP contribution is -2.37. The van der Waals surface area contributed by atoms with Crippen LogP contribution in [-0.4, -0.2) is 23.5 Å². The third-order valence-corrected chi connectivity index (χ3v) is 5.86. The summed E-state index contributed by atoms with van der Waals surface area (Å²) in [5, 5.41) is 0.702. The molecule has 1 aliphatic heterocycles. The second kappa shape index (κ2) is 8.87. The lowest BCUT2D eigenvalue weighted by molar-refractivity contribution is -0.125. The van der Waals surface area contributed by atoms with Gasteiger partial charge in [0.15, 0.2) is 0 Å². The van der Waals surface area contributed by atoms with Crippen molar-refractivity contribution in [2.24, 2.45) is 0 Å². The molecule has 29 heavy (non-hydrogen) atoms. The lowest BCUT2D eigenvalue weighted by Gasteiger charge is -2.33. The number of hydrogen-bond acceptors (Lipinski definition) is 2. The Morgan fingerprint density at radius 3 is 2.38 bits per heavy atom. The second-order valence-electron chi connectivity index (χ2n) is 7.61. The molecule has 3 nitrogen and oxygen atoms in total. The first-order valence-electron chi connectivity index (χ1n) is 10.4. The fraction of sp³-hybridized carbons (Fsp3) is 0.320. The first-order valence-corrected chi connectivity index (χ1v) is 10.8. The molecule has 1 fully saturated rings. The van der Waals surface area contributed by atoms with Crippen LogP contribution in [0.4, 0.5) is 0 Å². The van der Waals surface area contributed by atoms with E-state index in [2.05, 4.69) is 0 Å². The molecule has 4 heteroatoms. The minimum absolute atomic E-state index is 0.0933. The summed E-state index contributed by atoms with van der Waals surface area (Å²) in [4.78, 5) is 15.4. The van der Waals surface area contributed by atoms with E-state index in [4.69, 9.17) is 16.3 Å². The van der Waals surface area contributed by atoms with Gasteiger partial charge in [-0.3, -0.25) is 4.79 Å². The van der Waals surface area contributed by atoms with Crippen LogP contribution >= 0.6 is 11.6 Å². The quantitative estimate of drug-likeness (QED) is 0.541. The third kappa shape index (κ3) is 4.40. The highest BCUT2D eigenvalue weighted by Crippen LogP contribution is 2.37. The van der Waals surface area contributed by atoms with Crippen molar-refractivity contribution >= 4 is 29.3 Å². The summed E-state index contributed by atoms with van der Waals surface area (Å²) in [6.07, 6.45) is 9.74. The number of nitrogens with zero attached hydrogens (tertiary/aromatic N) is 1. The van der Waals surface area contributed by atoms with E-state index in [1.807, 2.05) is 72.5 Å². The number of carbonyl (C=O) groups excluding carboxylic acids is 1. The van der Waals surface area contributed by atoms with Crippen LogP contribution in [0.2, 0.25) is 5.02 Å². The Labute approximate surface area is 177 Å². The maximum absolute atomic E-state index is 13.4. The first-order chi connectivity index (χ1) is 14.2. The summed E-state index contributed by atoms with van der Waals surface area (Å²) in [5.41, 5.74) is 3.73. The zero-order valence-corrected chi connectivity index (χ0v) is 17.5. The van der Waals surface area contributed by atoms with Crippen LogP contribution in [0.25, 0.3) is 11.8 Å². The Morgan fingerprint density at radius 1 is 1.03 bits per heavy atom. The number of hydrogen-bond donors (Lipinski definition) is 0. The Bertz CT molecular complexity index is 922. The third-order valence-electron chi connectivity index (χ3n) is 5.61. The average molecular weight is 408 g/mol. The van der Waals surface area contributed by atoms with Gasteiger partial charge in [0.25, 0.3) is 5.91 Å². The molecule has 1 saturated carbocycles. The van der Waals surface area contributed by atoms with Crippen molar-refractivity contribution in [2.45, 2.75) is 45.1 Å². The van der Waals surface area contributed by atoms with E-state index in [0.29, 0.717) is 11.6 Å². The van der Waals surface area contributed by atoms with E-state index in [1.54, 1.807) is 0 Å². The van der Waals surface area contributed by atoms with Crippen molar-refractivity contribution in [1.82, 2.24) is 4.90 Å². The van der Waals surface area contributed by atoms with E-state index >= 15 is 0 Å². The molecule has 0 bridgehead atoms. The van der Waals surface area contributed by atoms with Gasteiger partial charge in [-0.25, -0.2) is 0 Å². The molecule has 0 aromatic heterocycles. The molecular weight excluding hydrogens is 382 g/mol. The van der Waals surface area contributed by atoms with Crippen LogP contribution in [0.15, 0.2) is 60.2 Å². The fourth-order valence-electron chi connectivity index (χ4n) is 4.18.